The minimum absolute atomic E-state index is 0.0494. The second kappa shape index (κ2) is 6.64. The van der Waals surface area contributed by atoms with Crippen molar-refractivity contribution < 1.29 is 16.8 Å². The van der Waals surface area contributed by atoms with Gasteiger partial charge in [-0.25, -0.2) is 26.7 Å². The van der Waals surface area contributed by atoms with Crippen molar-refractivity contribution in [2.75, 3.05) is 12.3 Å². The number of nitrogens with one attached hydrogen (secondary N) is 1. The van der Waals surface area contributed by atoms with Gasteiger partial charge in [-0.05, 0) is 24.1 Å². The summed E-state index contributed by atoms with van der Waals surface area (Å²) >= 11 is 0. The van der Waals surface area contributed by atoms with Crippen molar-refractivity contribution in [3.05, 3.63) is 29.8 Å². The van der Waals surface area contributed by atoms with Crippen molar-refractivity contribution >= 4 is 20.0 Å². The maximum atomic E-state index is 12.0. The Morgan fingerprint density at radius 1 is 1.25 bits per heavy atom. The predicted molar refractivity (Wildman–Crippen MR) is 76.8 cm³/mol. The zero-order chi connectivity index (χ0) is 15.4. The Bertz CT molecular complexity index is 656. The van der Waals surface area contributed by atoms with Crippen LogP contribution in [0.3, 0.4) is 0 Å². The molecule has 0 bridgehead atoms. The topological polar surface area (TPSA) is 132 Å². The van der Waals surface area contributed by atoms with Crippen LogP contribution in [-0.4, -0.2) is 29.1 Å². The molecule has 7 nitrogen and oxygen atoms in total. The van der Waals surface area contributed by atoms with Gasteiger partial charge in [-0.3, -0.25) is 0 Å². The Balaban J connectivity index is 2.87. The molecule has 5 N–H and O–H groups in total. The van der Waals surface area contributed by atoms with Crippen LogP contribution in [0.5, 0.6) is 0 Å². The predicted octanol–water partition coefficient (Wildman–Crippen LogP) is -0.337. The number of primary sulfonamides is 1. The van der Waals surface area contributed by atoms with Gasteiger partial charge >= 0.3 is 0 Å². The van der Waals surface area contributed by atoms with Gasteiger partial charge in [-0.2, -0.15) is 0 Å². The molecule has 0 aliphatic carbocycles. The first kappa shape index (κ1) is 17.1. The van der Waals surface area contributed by atoms with E-state index in [1.807, 2.05) is 6.92 Å². The molecule has 0 heterocycles. The molecule has 0 aromatic heterocycles. The lowest BCUT2D eigenvalue weighted by molar-refractivity contribution is 0.581. The maximum absolute atomic E-state index is 12.0. The van der Waals surface area contributed by atoms with Crippen LogP contribution in [0.1, 0.15) is 24.9 Å². The number of hydrogen-bond donors (Lipinski definition) is 3. The molecule has 0 fully saturated rings. The summed E-state index contributed by atoms with van der Waals surface area (Å²) in [5.74, 6) is -0.458. The molecule has 0 aliphatic rings. The number of sulfonamides is 2. The second-order valence-electron chi connectivity index (χ2n) is 4.35. The Morgan fingerprint density at radius 2 is 1.90 bits per heavy atom. The zero-order valence-corrected chi connectivity index (χ0v) is 12.7. The molecular weight excluding hydrogens is 302 g/mol. The van der Waals surface area contributed by atoms with E-state index in [0.717, 1.165) is 0 Å². The Morgan fingerprint density at radius 3 is 2.45 bits per heavy atom. The van der Waals surface area contributed by atoms with E-state index < -0.39 is 25.8 Å². The van der Waals surface area contributed by atoms with E-state index >= 15 is 0 Å². The quantitative estimate of drug-likeness (QED) is 0.632. The summed E-state index contributed by atoms with van der Waals surface area (Å²) in [4.78, 5) is 0.0494. The van der Waals surface area contributed by atoms with Crippen molar-refractivity contribution in [3.63, 3.8) is 0 Å². The van der Waals surface area contributed by atoms with Gasteiger partial charge in [0.1, 0.15) is 0 Å². The third-order valence-corrected chi connectivity index (χ3v) is 4.95. The van der Waals surface area contributed by atoms with Gasteiger partial charge in [-0.15, -0.1) is 0 Å². The number of rotatable bonds is 7. The molecule has 0 spiro atoms. The van der Waals surface area contributed by atoms with Crippen LogP contribution in [-0.2, 0) is 20.0 Å². The molecule has 0 radical (unpaired) electrons. The fourth-order valence-electron chi connectivity index (χ4n) is 1.55. The fraction of sp³-hybridized carbons (Fsp3) is 0.455. The number of hydrogen-bond acceptors (Lipinski definition) is 5. The first-order valence-corrected chi connectivity index (χ1v) is 9.21. The van der Waals surface area contributed by atoms with E-state index in [9.17, 15) is 16.8 Å². The molecule has 9 heteroatoms. The average molecular weight is 321 g/mol. The minimum Gasteiger partial charge on any atom is -0.324 e. The molecule has 1 rings (SSSR count). The lowest BCUT2D eigenvalue weighted by Crippen LogP contribution is -2.31. The van der Waals surface area contributed by atoms with Gasteiger partial charge < -0.3 is 5.73 Å². The SMILES string of the molecule is CCC(N)c1cccc(S(=O)(=O)NCCS(N)(=O)=O)c1. The Labute approximate surface area is 119 Å². The van der Waals surface area contributed by atoms with E-state index in [1.165, 1.54) is 12.1 Å². The molecule has 0 aliphatic heterocycles. The summed E-state index contributed by atoms with van der Waals surface area (Å²) in [6, 6.07) is 6.00. The number of nitrogens with two attached hydrogens (primary N) is 2. The van der Waals surface area contributed by atoms with E-state index in [1.54, 1.807) is 12.1 Å². The van der Waals surface area contributed by atoms with Crippen molar-refractivity contribution in [1.82, 2.24) is 4.72 Å². The van der Waals surface area contributed by atoms with Crippen molar-refractivity contribution in [2.24, 2.45) is 10.9 Å². The van der Waals surface area contributed by atoms with Crippen LogP contribution in [0.15, 0.2) is 29.2 Å². The van der Waals surface area contributed by atoms with Crippen LogP contribution in [0.2, 0.25) is 0 Å². The van der Waals surface area contributed by atoms with Gasteiger partial charge in [0, 0.05) is 12.6 Å². The van der Waals surface area contributed by atoms with Crippen LogP contribution < -0.4 is 15.6 Å². The maximum Gasteiger partial charge on any atom is 0.240 e. The van der Waals surface area contributed by atoms with Gasteiger partial charge in [0.25, 0.3) is 0 Å². The summed E-state index contributed by atoms with van der Waals surface area (Å²) in [6.07, 6.45) is 0.683. The summed E-state index contributed by atoms with van der Waals surface area (Å²) in [5, 5.41) is 4.81. The third kappa shape index (κ3) is 5.17. The zero-order valence-electron chi connectivity index (χ0n) is 11.1. The Hall–Kier alpha value is -1.00. The molecule has 114 valence electrons. The molecule has 1 aromatic rings. The van der Waals surface area contributed by atoms with Crippen molar-refractivity contribution in [1.29, 1.82) is 0 Å². The highest BCUT2D eigenvalue weighted by atomic mass is 32.2. The van der Waals surface area contributed by atoms with Crippen LogP contribution >= 0.6 is 0 Å². The van der Waals surface area contributed by atoms with Gasteiger partial charge in [-0.1, -0.05) is 19.1 Å². The van der Waals surface area contributed by atoms with Crippen molar-refractivity contribution in [2.45, 2.75) is 24.3 Å². The number of benzene rings is 1. The molecule has 0 saturated carbocycles. The lowest BCUT2D eigenvalue weighted by atomic mass is 10.1. The average Bonchev–Trinajstić information content (AvgIpc) is 2.36. The molecule has 20 heavy (non-hydrogen) atoms. The fourth-order valence-corrected chi connectivity index (χ4v) is 3.15. The molecule has 1 aromatic carbocycles. The van der Waals surface area contributed by atoms with E-state index in [4.69, 9.17) is 10.9 Å². The molecule has 0 saturated heterocycles. The highest BCUT2D eigenvalue weighted by Crippen LogP contribution is 2.18. The lowest BCUT2D eigenvalue weighted by Gasteiger charge is -2.11. The highest BCUT2D eigenvalue weighted by molar-refractivity contribution is 7.90. The summed E-state index contributed by atoms with van der Waals surface area (Å²) in [7, 11) is -7.47. The molecule has 1 atom stereocenters. The van der Waals surface area contributed by atoms with E-state index in [2.05, 4.69) is 4.72 Å². The van der Waals surface area contributed by atoms with Gasteiger partial charge in [0.15, 0.2) is 0 Å². The molecule has 1 unspecified atom stereocenters. The molecule has 0 amide bonds. The van der Waals surface area contributed by atoms with Crippen LogP contribution in [0.25, 0.3) is 0 Å². The smallest absolute Gasteiger partial charge is 0.240 e. The third-order valence-electron chi connectivity index (χ3n) is 2.72. The summed E-state index contributed by atoms with van der Waals surface area (Å²) in [5.41, 5.74) is 6.56. The summed E-state index contributed by atoms with van der Waals surface area (Å²) < 4.78 is 47.7. The first-order valence-electron chi connectivity index (χ1n) is 6.01. The monoisotopic (exact) mass is 321 g/mol. The standard InChI is InChI=1S/C11H19N3O4S2/c1-2-11(12)9-4-3-5-10(8-9)20(17,18)14-6-7-19(13,15)16/h3-5,8,11,14H,2,6-7,12H2,1H3,(H2,13,15,16). The van der Waals surface area contributed by atoms with Gasteiger partial charge in [0.2, 0.25) is 20.0 Å². The second-order valence-corrected chi connectivity index (χ2v) is 7.85. The van der Waals surface area contributed by atoms with E-state index in [-0.39, 0.29) is 17.5 Å². The van der Waals surface area contributed by atoms with E-state index in [0.29, 0.717) is 12.0 Å². The van der Waals surface area contributed by atoms with Crippen LogP contribution in [0.4, 0.5) is 0 Å². The molecular formula is C11H19N3O4S2. The minimum atomic E-state index is -3.77. The normalized spacial score (nSPS) is 14.2. The highest BCUT2D eigenvalue weighted by Gasteiger charge is 2.16. The van der Waals surface area contributed by atoms with Gasteiger partial charge in [0.05, 0.1) is 10.6 Å². The largest absolute Gasteiger partial charge is 0.324 e. The Kier molecular flexibility index (Phi) is 5.66. The summed E-state index contributed by atoms with van der Waals surface area (Å²) in [6.45, 7) is 1.63. The first-order chi connectivity index (χ1) is 9.15. The van der Waals surface area contributed by atoms with Crippen LogP contribution in [0, 0.1) is 0 Å². The van der Waals surface area contributed by atoms with Crippen molar-refractivity contribution in [3.8, 4) is 0 Å².